The van der Waals surface area contributed by atoms with E-state index in [0.29, 0.717) is 10.0 Å². The third kappa shape index (κ3) is 4.98. The molecule has 0 fully saturated rings. The minimum Gasteiger partial charge on any atom is -0.726 e. The van der Waals surface area contributed by atoms with Gasteiger partial charge in [0.2, 0.25) is 21.6 Å². The Labute approximate surface area is 193 Å². The van der Waals surface area contributed by atoms with Crippen LogP contribution in [0.5, 0.6) is 0 Å². The van der Waals surface area contributed by atoms with Crippen LogP contribution in [0.4, 0.5) is 5.69 Å². The Kier molecular flexibility index (Phi) is 6.97. The first-order chi connectivity index (χ1) is 15.0. The lowest BCUT2D eigenvalue weighted by atomic mass is 9.98. The fourth-order valence-electron chi connectivity index (χ4n) is 3.38. The lowest BCUT2D eigenvalue weighted by Crippen LogP contribution is -2.32. The van der Waals surface area contributed by atoms with Crippen LogP contribution in [0.1, 0.15) is 0 Å². The second-order valence-corrected chi connectivity index (χ2v) is 8.60. The summed E-state index contributed by atoms with van der Waals surface area (Å²) in [7, 11) is -1.67. The molecule has 1 aromatic heterocycles. The van der Waals surface area contributed by atoms with Gasteiger partial charge in [-0.2, -0.15) is 4.57 Å². The molecule has 0 aliphatic heterocycles. The van der Waals surface area contributed by atoms with E-state index >= 15 is 0 Å². The van der Waals surface area contributed by atoms with Gasteiger partial charge in [0.15, 0.2) is 0 Å². The molecule has 0 bridgehead atoms. The van der Waals surface area contributed by atoms with Crippen LogP contribution in [0, 0.1) is 10.1 Å². The number of para-hydroxylation sites is 1. The lowest BCUT2D eigenvalue weighted by Gasteiger charge is -2.10. The molecular formula is C21H16Cl2N2O6S. The summed E-state index contributed by atoms with van der Waals surface area (Å²) in [5.74, 6) is 0. The third-order valence-corrected chi connectivity index (χ3v) is 5.71. The van der Waals surface area contributed by atoms with Crippen LogP contribution in [0.2, 0.25) is 10.0 Å². The standard InChI is InChI=1S/C20H13Cl2N2O2.CH4O4S/c1-23-19-5-3-2-4-15(19)14-9-7-13(24(25)26)11-17(14)20(23)16-8-6-12(21)10-18(16)22;1-5-6(2,3)4/h2-11H,1H3;1H3,(H,2,3,4)/q+1;/p-1. The predicted octanol–water partition coefficient (Wildman–Crippen LogP) is 4.79. The number of aromatic nitrogens is 1. The molecule has 0 aliphatic carbocycles. The zero-order chi connectivity index (χ0) is 23.6. The van der Waals surface area contributed by atoms with Crippen molar-refractivity contribution >= 4 is 61.0 Å². The van der Waals surface area contributed by atoms with Gasteiger partial charge in [0, 0.05) is 28.6 Å². The zero-order valence-corrected chi connectivity index (χ0v) is 19.1. The number of aryl methyl sites for hydroxylation is 1. The average molecular weight is 495 g/mol. The topological polar surface area (TPSA) is 113 Å². The number of nitro benzene ring substituents is 1. The van der Waals surface area contributed by atoms with E-state index < -0.39 is 10.4 Å². The van der Waals surface area contributed by atoms with Crippen LogP contribution in [-0.4, -0.2) is 25.0 Å². The predicted molar refractivity (Wildman–Crippen MR) is 121 cm³/mol. The maximum Gasteiger partial charge on any atom is 0.270 e. The Morgan fingerprint density at radius 3 is 2.22 bits per heavy atom. The Morgan fingerprint density at radius 1 is 0.969 bits per heavy atom. The summed E-state index contributed by atoms with van der Waals surface area (Å²) in [6.07, 6.45) is 0. The molecule has 4 aromatic rings. The molecule has 0 aliphatic rings. The van der Waals surface area contributed by atoms with Gasteiger partial charge in [0.05, 0.1) is 33.4 Å². The second-order valence-electron chi connectivity index (χ2n) is 6.61. The number of fused-ring (bicyclic) bond motifs is 3. The number of pyridine rings is 1. The van der Waals surface area contributed by atoms with E-state index in [1.54, 1.807) is 24.3 Å². The molecule has 0 amide bonds. The molecule has 11 heteroatoms. The van der Waals surface area contributed by atoms with Crippen LogP contribution >= 0.6 is 23.2 Å². The molecule has 0 atom stereocenters. The molecular weight excluding hydrogens is 479 g/mol. The van der Waals surface area contributed by atoms with Crippen LogP contribution < -0.4 is 4.57 Å². The Hall–Kier alpha value is -2.82. The SMILES string of the molecule is COS(=O)(=O)[O-].C[n+]1c(-c2ccc(Cl)cc2Cl)c2cc([N+](=O)[O-])ccc2c2ccccc21. The molecule has 0 unspecified atom stereocenters. The molecule has 3 aromatic carbocycles. The van der Waals surface area contributed by atoms with Crippen molar-refractivity contribution in [2.24, 2.45) is 7.05 Å². The molecule has 0 spiro atoms. The molecule has 0 saturated heterocycles. The van der Waals surface area contributed by atoms with Crippen LogP contribution in [0.15, 0.2) is 60.7 Å². The molecule has 1 heterocycles. The maximum atomic E-state index is 11.3. The lowest BCUT2D eigenvalue weighted by molar-refractivity contribution is -0.632. The van der Waals surface area contributed by atoms with Crippen molar-refractivity contribution in [2.75, 3.05) is 7.11 Å². The number of benzene rings is 3. The normalized spacial score (nSPS) is 11.3. The summed E-state index contributed by atoms with van der Waals surface area (Å²) < 4.78 is 33.0. The van der Waals surface area contributed by atoms with Gasteiger partial charge in [0.25, 0.3) is 5.69 Å². The summed E-state index contributed by atoms with van der Waals surface area (Å²) in [6.45, 7) is 0. The van der Waals surface area contributed by atoms with Gasteiger partial charge >= 0.3 is 0 Å². The number of hydrogen-bond acceptors (Lipinski definition) is 6. The van der Waals surface area contributed by atoms with Crippen LogP contribution in [0.25, 0.3) is 32.9 Å². The number of rotatable bonds is 3. The Morgan fingerprint density at radius 2 is 1.62 bits per heavy atom. The average Bonchev–Trinajstić information content (AvgIpc) is 2.75. The monoisotopic (exact) mass is 494 g/mol. The van der Waals surface area contributed by atoms with E-state index in [2.05, 4.69) is 4.18 Å². The number of halogens is 2. The quantitative estimate of drug-likeness (QED) is 0.101. The van der Waals surface area contributed by atoms with E-state index in [1.807, 2.05) is 41.9 Å². The molecule has 32 heavy (non-hydrogen) atoms. The van der Waals surface area contributed by atoms with Crippen molar-refractivity contribution in [2.45, 2.75) is 0 Å². The van der Waals surface area contributed by atoms with Gasteiger partial charge in [-0.05, 0) is 30.3 Å². The Bertz CT molecular complexity index is 1460. The van der Waals surface area contributed by atoms with Gasteiger partial charge in [0.1, 0.15) is 7.05 Å². The third-order valence-electron chi connectivity index (χ3n) is 4.75. The van der Waals surface area contributed by atoms with Gasteiger partial charge < -0.3 is 4.55 Å². The highest BCUT2D eigenvalue weighted by Crippen LogP contribution is 2.36. The molecule has 0 N–H and O–H groups in total. The second kappa shape index (κ2) is 9.35. The fourth-order valence-corrected chi connectivity index (χ4v) is 3.88. The van der Waals surface area contributed by atoms with Crippen molar-refractivity contribution < 1.29 is 26.6 Å². The first-order valence-corrected chi connectivity index (χ1v) is 11.1. The highest BCUT2D eigenvalue weighted by molar-refractivity contribution is 7.80. The summed E-state index contributed by atoms with van der Waals surface area (Å²) in [5, 5.41) is 15.1. The van der Waals surface area contributed by atoms with E-state index in [4.69, 9.17) is 23.2 Å². The summed E-state index contributed by atoms with van der Waals surface area (Å²) in [4.78, 5) is 10.9. The minimum absolute atomic E-state index is 0.0408. The molecule has 8 nitrogen and oxygen atoms in total. The van der Waals surface area contributed by atoms with Gasteiger partial charge in [-0.15, -0.1) is 0 Å². The first-order valence-electron chi connectivity index (χ1n) is 8.99. The van der Waals surface area contributed by atoms with E-state index in [-0.39, 0.29) is 10.6 Å². The van der Waals surface area contributed by atoms with Crippen LogP contribution in [0.3, 0.4) is 0 Å². The zero-order valence-electron chi connectivity index (χ0n) is 16.8. The van der Waals surface area contributed by atoms with Gasteiger partial charge in [-0.1, -0.05) is 35.3 Å². The van der Waals surface area contributed by atoms with Crippen molar-refractivity contribution in [1.29, 1.82) is 0 Å². The highest BCUT2D eigenvalue weighted by atomic mass is 35.5. The molecule has 0 saturated carbocycles. The number of non-ortho nitro benzene ring substituents is 1. The van der Waals surface area contributed by atoms with Crippen molar-refractivity contribution in [3.05, 3.63) is 80.8 Å². The van der Waals surface area contributed by atoms with Crippen molar-refractivity contribution in [1.82, 2.24) is 0 Å². The molecule has 4 rings (SSSR count). The molecule has 166 valence electrons. The number of hydrogen-bond donors (Lipinski definition) is 0. The summed E-state index contributed by atoms with van der Waals surface area (Å²) >= 11 is 12.5. The summed E-state index contributed by atoms with van der Waals surface area (Å²) in [6, 6.07) is 18.2. The maximum absolute atomic E-state index is 11.3. The van der Waals surface area contributed by atoms with Crippen molar-refractivity contribution in [3.8, 4) is 11.3 Å². The van der Waals surface area contributed by atoms with Crippen molar-refractivity contribution in [3.63, 3.8) is 0 Å². The number of nitrogens with zero attached hydrogens (tertiary/aromatic N) is 2. The fraction of sp³-hybridized carbons (Fsp3) is 0.0952. The van der Waals surface area contributed by atoms with E-state index in [9.17, 15) is 23.1 Å². The van der Waals surface area contributed by atoms with E-state index in [1.165, 1.54) is 6.07 Å². The highest BCUT2D eigenvalue weighted by Gasteiger charge is 2.24. The number of nitro groups is 1. The van der Waals surface area contributed by atoms with Gasteiger partial charge in [-0.25, -0.2) is 8.42 Å². The van der Waals surface area contributed by atoms with Crippen LogP contribution in [-0.2, 0) is 21.6 Å². The minimum atomic E-state index is -4.41. The smallest absolute Gasteiger partial charge is 0.270 e. The first kappa shape index (κ1) is 23.8. The molecule has 0 radical (unpaired) electrons. The Balaban J connectivity index is 0.000000427. The van der Waals surface area contributed by atoms with E-state index in [0.717, 1.165) is 40.0 Å². The summed E-state index contributed by atoms with van der Waals surface area (Å²) in [5.41, 5.74) is 2.63. The largest absolute Gasteiger partial charge is 0.726 e. The van der Waals surface area contributed by atoms with Gasteiger partial charge in [-0.3, -0.25) is 14.3 Å².